The van der Waals surface area contributed by atoms with Gasteiger partial charge in [0.2, 0.25) is 0 Å². The van der Waals surface area contributed by atoms with Gasteiger partial charge < -0.3 is 9.15 Å². The number of aromatic nitrogens is 4. The van der Waals surface area contributed by atoms with E-state index in [1.165, 1.54) is 10.9 Å². The third-order valence-corrected chi connectivity index (χ3v) is 9.98. The smallest absolute Gasteiger partial charge is 0.269 e. The van der Waals surface area contributed by atoms with Crippen LogP contribution in [0.3, 0.4) is 0 Å². The fraction of sp³-hybridized carbons (Fsp3) is 0.0870. The highest BCUT2D eigenvalue weighted by Gasteiger charge is 2.21. The van der Waals surface area contributed by atoms with Gasteiger partial charge in [-0.25, -0.2) is 4.98 Å². The van der Waals surface area contributed by atoms with Gasteiger partial charge in [-0.1, -0.05) is 93.6 Å². The number of benzene rings is 6. The number of para-hydroxylation sites is 3. The summed E-state index contributed by atoms with van der Waals surface area (Å²) in [6.45, 7) is 6.69. The van der Waals surface area contributed by atoms with Gasteiger partial charge in [0.05, 0.1) is 27.9 Å². The second-order valence-electron chi connectivity index (χ2n) is 14.3. The summed E-state index contributed by atoms with van der Waals surface area (Å²) in [4.78, 5) is 4.84. The van der Waals surface area contributed by atoms with Crippen molar-refractivity contribution in [3.63, 3.8) is 0 Å². The van der Waals surface area contributed by atoms with Gasteiger partial charge in [0, 0.05) is 33.8 Å². The van der Waals surface area contributed by atoms with E-state index in [0.29, 0.717) is 0 Å². The molecule has 0 spiro atoms. The lowest BCUT2D eigenvalue weighted by molar-refractivity contribution is -0.571. The molecule has 4 heterocycles. The van der Waals surface area contributed by atoms with Crippen LogP contribution >= 0.6 is 0 Å². The molecule has 0 aliphatic rings. The Morgan fingerprint density at radius 3 is 2.25 bits per heavy atom. The van der Waals surface area contributed by atoms with Gasteiger partial charge >= 0.3 is 0 Å². The molecule has 0 amide bonds. The first-order valence-corrected chi connectivity index (χ1v) is 17.5. The van der Waals surface area contributed by atoms with Crippen LogP contribution in [0.2, 0.25) is 0 Å². The molecule has 250 valence electrons. The number of hydrogen-bond acceptors (Lipinski definition) is 3. The quantitative estimate of drug-likeness (QED) is 0.135. The van der Waals surface area contributed by atoms with Crippen molar-refractivity contribution < 1.29 is 13.7 Å². The van der Waals surface area contributed by atoms with E-state index in [4.69, 9.17) is 14.1 Å². The molecule has 0 saturated heterocycles. The zero-order chi connectivity index (χ0) is 35.0. The van der Waals surface area contributed by atoms with Crippen LogP contribution in [-0.4, -0.2) is 14.1 Å². The maximum absolute atomic E-state index is 6.64. The molecular formula is C46H34N4O2. The second-order valence-corrected chi connectivity index (χ2v) is 14.3. The molecule has 6 aromatic carbocycles. The Balaban J connectivity index is 1.09. The van der Waals surface area contributed by atoms with Crippen LogP contribution in [0.15, 0.2) is 156 Å². The average Bonchev–Trinajstić information content (AvgIpc) is 3.85. The van der Waals surface area contributed by atoms with Crippen LogP contribution < -0.4 is 9.30 Å². The summed E-state index contributed by atoms with van der Waals surface area (Å²) >= 11 is 0. The largest absolute Gasteiger partial charge is 0.460 e. The molecule has 10 rings (SSSR count). The minimum Gasteiger partial charge on any atom is -0.460 e. The fourth-order valence-corrected chi connectivity index (χ4v) is 7.42. The standard InChI is InChI=1S/C46H34N4O2/c1-46(2,3)30-24-25-47-43(26-30)50-39-18-9-7-16-35(39)36-21-20-34(28-41(36)50)51-33-15-11-14-32(27-33)48-29-49(31-12-5-4-6-13-31)44-40(48)23-22-38-37-17-8-10-19-42(37)52-45(38)44/h4-28H,1-3H3. The molecule has 0 radical (unpaired) electrons. The predicted molar refractivity (Wildman–Crippen MR) is 208 cm³/mol. The van der Waals surface area contributed by atoms with Gasteiger partial charge in [0.1, 0.15) is 34.0 Å². The molecule has 6 nitrogen and oxygen atoms in total. The summed E-state index contributed by atoms with van der Waals surface area (Å²) in [6.07, 6.45) is 5.54. The molecule has 0 aliphatic heterocycles. The van der Waals surface area contributed by atoms with Crippen molar-refractivity contribution in [2.75, 3.05) is 0 Å². The molecular weight excluding hydrogens is 641 g/mol. The minimum atomic E-state index is -0.00333. The number of furan rings is 1. The van der Waals surface area contributed by atoms with E-state index in [0.717, 1.165) is 78.1 Å². The molecule has 0 N–H and O–H groups in total. The summed E-state index contributed by atoms with van der Waals surface area (Å²) in [6, 6.07) is 50.0. The number of nitrogens with zero attached hydrogens (tertiary/aromatic N) is 4. The molecule has 6 heteroatoms. The molecule has 0 saturated carbocycles. The van der Waals surface area contributed by atoms with Crippen molar-refractivity contribution in [2.24, 2.45) is 0 Å². The highest BCUT2D eigenvalue weighted by molar-refractivity contribution is 6.13. The van der Waals surface area contributed by atoms with E-state index in [9.17, 15) is 0 Å². The van der Waals surface area contributed by atoms with Gasteiger partial charge in [-0.15, -0.1) is 0 Å². The van der Waals surface area contributed by atoms with E-state index in [1.807, 2.05) is 60.8 Å². The van der Waals surface area contributed by atoms with Crippen molar-refractivity contribution in [1.29, 1.82) is 0 Å². The first-order valence-electron chi connectivity index (χ1n) is 17.5. The number of hydrogen-bond donors (Lipinski definition) is 0. The van der Waals surface area contributed by atoms with Crippen molar-refractivity contribution in [2.45, 2.75) is 26.2 Å². The SMILES string of the molecule is CC(C)(C)c1ccnc(-n2c3ccccc3c3ccc(Oc4cccc(-n5[c-][n+](-c6ccccc6)c6c7oc8ccccc8c7ccc65)c4)cc32)c1. The Kier molecular flexibility index (Phi) is 6.64. The fourth-order valence-electron chi connectivity index (χ4n) is 7.42. The van der Waals surface area contributed by atoms with Crippen molar-refractivity contribution in [3.05, 3.63) is 164 Å². The van der Waals surface area contributed by atoms with Crippen LogP contribution in [-0.2, 0) is 5.41 Å². The third-order valence-electron chi connectivity index (χ3n) is 9.98. The van der Waals surface area contributed by atoms with E-state index in [2.05, 4.69) is 132 Å². The predicted octanol–water partition coefficient (Wildman–Crippen LogP) is 11.2. The van der Waals surface area contributed by atoms with Gasteiger partial charge in [-0.3, -0.25) is 13.7 Å². The molecule has 10 aromatic rings. The lowest BCUT2D eigenvalue weighted by Gasteiger charge is -2.20. The normalized spacial score (nSPS) is 12.1. The van der Waals surface area contributed by atoms with E-state index in [-0.39, 0.29) is 5.41 Å². The number of ether oxygens (including phenoxy) is 1. The summed E-state index contributed by atoms with van der Waals surface area (Å²) in [5.74, 6) is 2.35. The van der Waals surface area contributed by atoms with Gasteiger partial charge in [-0.2, -0.15) is 0 Å². The molecule has 0 aliphatic carbocycles. The highest BCUT2D eigenvalue weighted by atomic mass is 16.5. The Bertz CT molecular complexity index is 2980. The number of pyridine rings is 1. The van der Waals surface area contributed by atoms with Crippen LogP contribution in [0.5, 0.6) is 11.5 Å². The van der Waals surface area contributed by atoms with Crippen LogP contribution in [0.25, 0.3) is 72.0 Å². The van der Waals surface area contributed by atoms with E-state index >= 15 is 0 Å². The lowest BCUT2D eigenvalue weighted by Crippen LogP contribution is -2.29. The summed E-state index contributed by atoms with van der Waals surface area (Å²) < 4.78 is 19.6. The van der Waals surface area contributed by atoms with Crippen molar-refractivity contribution in [3.8, 4) is 28.7 Å². The molecule has 0 bridgehead atoms. The number of imidazole rings is 1. The Morgan fingerprint density at radius 1 is 0.635 bits per heavy atom. The summed E-state index contributed by atoms with van der Waals surface area (Å²) in [5, 5.41) is 4.49. The zero-order valence-electron chi connectivity index (χ0n) is 29.0. The average molecular weight is 675 g/mol. The van der Waals surface area contributed by atoms with Gasteiger partial charge in [0.25, 0.3) is 6.33 Å². The lowest BCUT2D eigenvalue weighted by atomic mass is 9.88. The molecule has 52 heavy (non-hydrogen) atoms. The second kappa shape index (κ2) is 11.4. The topological polar surface area (TPSA) is 49.0 Å². The summed E-state index contributed by atoms with van der Waals surface area (Å²) in [5.41, 5.74) is 8.92. The Morgan fingerprint density at radius 2 is 1.38 bits per heavy atom. The first kappa shape index (κ1) is 30.2. The maximum atomic E-state index is 6.64. The van der Waals surface area contributed by atoms with Crippen molar-refractivity contribution >= 4 is 54.8 Å². The molecule has 0 atom stereocenters. The zero-order valence-corrected chi connectivity index (χ0v) is 29.0. The minimum absolute atomic E-state index is 0.00333. The van der Waals surface area contributed by atoms with Gasteiger partial charge in [-0.05, 0) is 77.7 Å². The Labute approximate surface area is 300 Å². The van der Waals surface area contributed by atoms with Crippen LogP contribution in [0, 0.1) is 6.33 Å². The van der Waals surface area contributed by atoms with E-state index in [1.54, 1.807) is 0 Å². The van der Waals surface area contributed by atoms with Gasteiger partial charge in [0.15, 0.2) is 0 Å². The van der Waals surface area contributed by atoms with Crippen molar-refractivity contribution in [1.82, 2.24) is 14.1 Å². The third kappa shape index (κ3) is 4.79. The maximum Gasteiger partial charge on any atom is 0.269 e. The Hall–Kier alpha value is -6.66. The summed E-state index contributed by atoms with van der Waals surface area (Å²) in [7, 11) is 0. The first-order chi connectivity index (χ1) is 25.4. The molecule has 0 unspecified atom stereocenters. The monoisotopic (exact) mass is 674 g/mol. The van der Waals surface area contributed by atoms with Crippen LogP contribution in [0.4, 0.5) is 0 Å². The van der Waals surface area contributed by atoms with Crippen LogP contribution in [0.1, 0.15) is 26.3 Å². The highest BCUT2D eigenvalue weighted by Crippen LogP contribution is 2.37. The van der Waals surface area contributed by atoms with E-state index < -0.39 is 0 Å². The molecule has 4 aromatic heterocycles. The molecule has 0 fully saturated rings. The number of rotatable bonds is 5. The number of fused-ring (bicyclic) bond motifs is 8.